The van der Waals surface area contributed by atoms with Crippen molar-refractivity contribution < 1.29 is 9.53 Å². The summed E-state index contributed by atoms with van der Waals surface area (Å²) < 4.78 is 5.12. The summed E-state index contributed by atoms with van der Waals surface area (Å²) in [7, 11) is 1.70. The second-order valence-corrected chi connectivity index (χ2v) is 5.35. The number of hydrogen-bond donors (Lipinski definition) is 2. The van der Waals surface area contributed by atoms with E-state index in [1.54, 1.807) is 25.6 Å². The van der Waals surface area contributed by atoms with E-state index in [4.69, 9.17) is 10.5 Å². The van der Waals surface area contributed by atoms with E-state index in [2.05, 4.69) is 22.1 Å². The van der Waals surface area contributed by atoms with Gasteiger partial charge in [-0.3, -0.25) is 9.78 Å². The molecule has 5 nitrogen and oxygen atoms in total. The molecule has 1 fully saturated rings. The second-order valence-electron chi connectivity index (χ2n) is 5.35. The Morgan fingerprint density at radius 3 is 3.05 bits per heavy atom. The number of pyridine rings is 1. The third-order valence-corrected chi connectivity index (χ3v) is 3.81. The molecule has 0 unspecified atom stereocenters. The predicted octanol–water partition coefficient (Wildman–Crippen LogP) is 0.938. The van der Waals surface area contributed by atoms with Crippen LogP contribution in [0.4, 0.5) is 0 Å². The quantitative estimate of drug-likeness (QED) is 0.763. The fraction of sp³-hybridized carbons (Fsp3) is 0.500. The first-order valence-electron chi connectivity index (χ1n) is 7.11. The van der Waals surface area contributed by atoms with Gasteiger partial charge in [-0.15, -0.1) is 0 Å². The third-order valence-electron chi connectivity index (χ3n) is 3.81. The average Bonchev–Trinajstić information content (AvgIpc) is 3.29. The zero-order chi connectivity index (χ0) is 15.1. The Labute approximate surface area is 125 Å². The van der Waals surface area contributed by atoms with Gasteiger partial charge in [0.05, 0.1) is 17.7 Å². The van der Waals surface area contributed by atoms with Crippen molar-refractivity contribution in [3.05, 3.63) is 29.6 Å². The Bertz CT molecular complexity index is 556. The van der Waals surface area contributed by atoms with Crippen LogP contribution in [-0.4, -0.2) is 37.7 Å². The van der Waals surface area contributed by atoms with Gasteiger partial charge in [-0.25, -0.2) is 0 Å². The second kappa shape index (κ2) is 7.21. The number of nitrogens with two attached hydrogens (primary N) is 1. The summed E-state index contributed by atoms with van der Waals surface area (Å²) in [6.45, 7) is 1.68. The molecular weight excluding hydrogens is 266 g/mol. The van der Waals surface area contributed by atoms with Crippen LogP contribution in [0, 0.1) is 17.3 Å². The summed E-state index contributed by atoms with van der Waals surface area (Å²) in [6.07, 6.45) is 6.47. The maximum absolute atomic E-state index is 12.3. The topological polar surface area (TPSA) is 77.2 Å². The first-order chi connectivity index (χ1) is 10.2. The van der Waals surface area contributed by atoms with Gasteiger partial charge in [0.25, 0.3) is 5.91 Å². The SMILES string of the molecule is COCCC1(CNC(=O)c2ccncc2C#CCN)CC1. The lowest BCUT2D eigenvalue weighted by Crippen LogP contribution is -2.31. The van der Waals surface area contributed by atoms with Crippen molar-refractivity contribution in [1.82, 2.24) is 10.3 Å². The van der Waals surface area contributed by atoms with E-state index in [9.17, 15) is 4.79 Å². The lowest BCUT2D eigenvalue weighted by Gasteiger charge is -2.15. The zero-order valence-electron chi connectivity index (χ0n) is 12.3. The van der Waals surface area contributed by atoms with E-state index in [0.717, 1.165) is 25.9 Å². The molecule has 0 saturated heterocycles. The van der Waals surface area contributed by atoms with Gasteiger partial charge in [-0.05, 0) is 30.7 Å². The fourth-order valence-electron chi connectivity index (χ4n) is 2.21. The van der Waals surface area contributed by atoms with E-state index < -0.39 is 0 Å². The minimum absolute atomic E-state index is 0.109. The van der Waals surface area contributed by atoms with Crippen molar-refractivity contribution in [2.75, 3.05) is 26.8 Å². The number of nitrogens with zero attached hydrogens (tertiary/aromatic N) is 1. The number of ether oxygens (including phenoxy) is 1. The van der Waals surface area contributed by atoms with Gasteiger partial charge in [0.1, 0.15) is 0 Å². The number of nitrogens with one attached hydrogen (secondary N) is 1. The molecule has 1 aromatic rings. The lowest BCUT2D eigenvalue weighted by molar-refractivity contribution is 0.0937. The highest BCUT2D eigenvalue weighted by molar-refractivity contribution is 5.96. The number of aromatic nitrogens is 1. The Hall–Kier alpha value is -1.90. The smallest absolute Gasteiger partial charge is 0.252 e. The zero-order valence-corrected chi connectivity index (χ0v) is 12.3. The van der Waals surface area contributed by atoms with Gasteiger partial charge in [0, 0.05) is 32.7 Å². The first-order valence-corrected chi connectivity index (χ1v) is 7.11. The van der Waals surface area contributed by atoms with Crippen molar-refractivity contribution in [3.63, 3.8) is 0 Å². The van der Waals surface area contributed by atoms with E-state index in [1.165, 1.54) is 0 Å². The number of carbonyl (C=O) groups is 1. The predicted molar refractivity (Wildman–Crippen MR) is 80.7 cm³/mol. The Kier molecular flexibility index (Phi) is 5.32. The van der Waals surface area contributed by atoms with Crippen LogP contribution in [0.1, 0.15) is 35.2 Å². The van der Waals surface area contributed by atoms with Crippen LogP contribution in [-0.2, 0) is 4.74 Å². The van der Waals surface area contributed by atoms with E-state index in [1.807, 2.05) is 0 Å². The molecule has 0 aromatic carbocycles. The normalized spacial score (nSPS) is 15.0. The maximum Gasteiger partial charge on any atom is 0.252 e. The summed E-state index contributed by atoms with van der Waals surface area (Å²) in [5, 5.41) is 3.01. The van der Waals surface area contributed by atoms with Gasteiger partial charge < -0.3 is 15.8 Å². The molecular formula is C16H21N3O2. The largest absolute Gasteiger partial charge is 0.385 e. The average molecular weight is 287 g/mol. The van der Waals surface area contributed by atoms with Crippen LogP contribution in [0.3, 0.4) is 0 Å². The molecule has 0 radical (unpaired) electrons. The number of rotatable bonds is 6. The molecule has 5 heteroatoms. The fourth-order valence-corrected chi connectivity index (χ4v) is 2.21. The van der Waals surface area contributed by atoms with E-state index in [-0.39, 0.29) is 17.9 Å². The molecule has 2 rings (SSSR count). The van der Waals surface area contributed by atoms with Crippen LogP contribution in [0.2, 0.25) is 0 Å². The van der Waals surface area contributed by atoms with Gasteiger partial charge >= 0.3 is 0 Å². The molecule has 0 aliphatic heterocycles. The molecule has 21 heavy (non-hydrogen) atoms. The summed E-state index contributed by atoms with van der Waals surface area (Å²) in [4.78, 5) is 16.3. The van der Waals surface area contributed by atoms with Gasteiger partial charge in [-0.1, -0.05) is 11.8 Å². The molecule has 1 saturated carbocycles. The molecule has 1 aromatic heterocycles. The summed E-state index contributed by atoms with van der Waals surface area (Å²) in [6, 6.07) is 1.69. The van der Waals surface area contributed by atoms with Crippen molar-refractivity contribution in [3.8, 4) is 11.8 Å². The van der Waals surface area contributed by atoms with Crippen LogP contribution in [0.5, 0.6) is 0 Å². The monoisotopic (exact) mass is 287 g/mol. The summed E-state index contributed by atoms with van der Waals surface area (Å²) in [5.41, 5.74) is 6.75. The molecule has 1 heterocycles. The van der Waals surface area contributed by atoms with Gasteiger partial charge in [-0.2, -0.15) is 0 Å². The van der Waals surface area contributed by atoms with Crippen molar-refractivity contribution in [2.45, 2.75) is 19.3 Å². The maximum atomic E-state index is 12.3. The number of hydrogen-bond acceptors (Lipinski definition) is 4. The van der Waals surface area contributed by atoms with Gasteiger partial charge in [0.15, 0.2) is 0 Å². The minimum Gasteiger partial charge on any atom is -0.385 e. The number of methoxy groups -OCH3 is 1. The Morgan fingerprint density at radius 2 is 2.38 bits per heavy atom. The summed E-state index contributed by atoms with van der Waals surface area (Å²) >= 11 is 0. The highest BCUT2D eigenvalue weighted by Crippen LogP contribution is 2.48. The Balaban J connectivity index is 1.98. The number of amides is 1. The summed E-state index contributed by atoms with van der Waals surface area (Å²) in [5.74, 6) is 5.53. The van der Waals surface area contributed by atoms with Gasteiger partial charge in [0.2, 0.25) is 0 Å². The molecule has 0 bridgehead atoms. The standard InChI is InChI=1S/C16H21N3O2/c1-21-10-7-16(5-6-16)12-19-15(20)14-4-9-18-11-13(14)3-2-8-17/h4,9,11H,5-8,10,12,17H2,1H3,(H,19,20). The molecule has 112 valence electrons. The third kappa shape index (κ3) is 4.28. The van der Waals surface area contributed by atoms with Crippen molar-refractivity contribution >= 4 is 5.91 Å². The van der Waals surface area contributed by atoms with E-state index >= 15 is 0 Å². The molecule has 3 N–H and O–H groups in total. The van der Waals surface area contributed by atoms with Crippen LogP contribution < -0.4 is 11.1 Å². The van der Waals surface area contributed by atoms with Crippen molar-refractivity contribution in [2.24, 2.45) is 11.1 Å². The molecule has 1 amide bonds. The van der Waals surface area contributed by atoms with Crippen LogP contribution in [0.15, 0.2) is 18.5 Å². The molecule has 0 atom stereocenters. The molecule has 0 spiro atoms. The minimum atomic E-state index is -0.109. The molecule has 1 aliphatic rings. The van der Waals surface area contributed by atoms with Crippen molar-refractivity contribution in [1.29, 1.82) is 0 Å². The van der Waals surface area contributed by atoms with E-state index in [0.29, 0.717) is 17.7 Å². The highest BCUT2D eigenvalue weighted by Gasteiger charge is 2.42. The number of carbonyl (C=O) groups excluding carboxylic acids is 1. The first kappa shape index (κ1) is 15.5. The Morgan fingerprint density at radius 1 is 1.57 bits per heavy atom. The lowest BCUT2D eigenvalue weighted by atomic mass is 10.0. The highest BCUT2D eigenvalue weighted by atomic mass is 16.5. The van der Waals surface area contributed by atoms with Crippen LogP contribution >= 0.6 is 0 Å². The van der Waals surface area contributed by atoms with Crippen LogP contribution in [0.25, 0.3) is 0 Å². The molecule has 1 aliphatic carbocycles.